The molecule has 0 radical (unpaired) electrons. The van der Waals surface area contributed by atoms with Crippen molar-refractivity contribution in [2.75, 3.05) is 24.5 Å². The summed E-state index contributed by atoms with van der Waals surface area (Å²) in [5.41, 5.74) is 3.42. The molecule has 0 aliphatic heterocycles. The van der Waals surface area contributed by atoms with Crippen LogP contribution in [0.4, 0.5) is 17.5 Å². The summed E-state index contributed by atoms with van der Waals surface area (Å²) in [5, 5.41) is 0. The first-order valence-electron chi connectivity index (χ1n) is 5.42. The van der Waals surface area contributed by atoms with Gasteiger partial charge < -0.3 is 9.64 Å². The summed E-state index contributed by atoms with van der Waals surface area (Å²) in [4.78, 5) is 10.2. The lowest BCUT2D eigenvalue weighted by atomic mass is 10.3. The minimum atomic E-state index is 0.382. The highest BCUT2D eigenvalue weighted by atomic mass is 16.5. The number of hydrogen-bond acceptors (Lipinski definition) is 6. The van der Waals surface area contributed by atoms with Gasteiger partial charge in [-0.25, -0.2) is 10.8 Å². The molecule has 94 valence electrons. The molecule has 0 saturated heterocycles. The van der Waals surface area contributed by atoms with Crippen LogP contribution >= 0.6 is 0 Å². The number of hydrogen-bond donors (Lipinski definition) is 2. The minimum Gasteiger partial charge on any atom is -0.497 e. The van der Waals surface area contributed by atoms with Gasteiger partial charge in [-0.15, -0.1) is 0 Å². The Kier molecular flexibility index (Phi) is 3.59. The molecule has 0 aliphatic carbocycles. The van der Waals surface area contributed by atoms with Gasteiger partial charge in [-0.2, -0.15) is 4.98 Å². The first kappa shape index (κ1) is 12.1. The van der Waals surface area contributed by atoms with Gasteiger partial charge in [0.1, 0.15) is 11.6 Å². The molecule has 2 aromatic rings. The predicted octanol–water partition coefficient (Wildman–Crippen LogP) is 1.54. The maximum atomic E-state index is 5.29. The van der Waals surface area contributed by atoms with Gasteiger partial charge in [0, 0.05) is 18.9 Å². The molecule has 0 saturated carbocycles. The zero-order valence-corrected chi connectivity index (χ0v) is 10.3. The Labute approximate surface area is 105 Å². The standard InChI is InChI=1S/C12H15N5O/c1-17(9-3-5-10(18-2)6-4-9)11-7-8-14-12(15-11)16-13/h3-8H,13H2,1-2H3,(H,14,15,16). The monoisotopic (exact) mass is 245 g/mol. The third kappa shape index (κ3) is 2.49. The summed E-state index contributed by atoms with van der Waals surface area (Å²) in [6, 6.07) is 9.52. The van der Waals surface area contributed by atoms with Crippen LogP contribution in [-0.2, 0) is 0 Å². The van der Waals surface area contributed by atoms with E-state index in [4.69, 9.17) is 10.6 Å². The third-order valence-electron chi connectivity index (χ3n) is 2.57. The van der Waals surface area contributed by atoms with Crippen molar-refractivity contribution in [3.63, 3.8) is 0 Å². The fraction of sp³-hybridized carbons (Fsp3) is 0.167. The van der Waals surface area contributed by atoms with Crippen molar-refractivity contribution in [3.8, 4) is 5.75 Å². The summed E-state index contributed by atoms with van der Waals surface area (Å²) < 4.78 is 5.12. The van der Waals surface area contributed by atoms with Gasteiger partial charge in [-0.3, -0.25) is 5.43 Å². The smallest absolute Gasteiger partial charge is 0.239 e. The second-order valence-electron chi connectivity index (χ2n) is 3.64. The van der Waals surface area contributed by atoms with Crippen LogP contribution < -0.4 is 20.9 Å². The van der Waals surface area contributed by atoms with Crippen LogP contribution in [0.1, 0.15) is 0 Å². The molecule has 0 bridgehead atoms. The molecule has 1 heterocycles. The normalized spacial score (nSPS) is 9.94. The average Bonchev–Trinajstić information content (AvgIpc) is 2.46. The van der Waals surface area contributed by atoms with E-state index in [0.717, 1.165) is 17.3 Å². The fourth-order valence-electron chi connectivity index (χ4n) is 1.54. The van der Waals surface area contributed by atoms with Crippen LogP contribution in [0.2, 0.25) is 0 Å². The van der Waals surface area contributed by atoms with Crippen molar-refractivity contribution < 1.29 is 4.74 Å². The molecule has 0 amide bonds. The second-order valence-corrected chi connectivity index (χ2v) is 3.64. The Bertz CT molecular complexity index is 514. The van der Waals surface area contributed by atoms with Gasteiger partial charge in [0.2, 0.25) is 5.95 Å². The molecule has 1 aromatic heterocycles. The molecule has 0 spiro atoms. The maximum absolute atomic E-state index is 5.29. The Balaban J connectivity index is 2.25. The Morgan fingerprint density at radius 2 is 1.94 bits per heavy atom. The van der Waals surface area contributed by atoms with E-state index in [1.165, 1.54) is 0 Å². The number of nitrogens with zero attached hydrogens (tertiary/aromatic N) is 3. The summed E-state index contributed by atoms with van der Waals surface area (Å²) in [6.07, 6.45) is 1.65. The molecule has 0 aliphatic rings. The number of nitrogens with one attached hydrogen (secondary N) is 1. The van der Waals surface area contributed by atoms with Crippen LogP contribution in [-0.4, -0.2) is 24.1 Å². The number of benzene rings is 1. The quantitative estimate of drug-likeness (QED) is 0.628. The van der Waals surface area contributed by atoms with Gasteiger partial charge in [0.25, 0.3) is 0 Å². The Hall–Kier alpha value is -2.34. The number of nitrogens with two attached hydrogens (primary N) is 1. The first-order chi connectivity index (χ1) is 8.74. The second kappa shape index (κ2) is 5.33. The lowest BCUT2D eigenvalue weighted by Gasteiger charge is -2.18. The summed E-state index contributed by atoms with van der Waals surface area (Å²) in [7, 11) is 3.56. The molecule has 0 unspecified atom stereocenters. The molecule has 18 heavy (non-hydrogen) atoms. The van der Waals surface area contributed by atoms with Gasteiger partial charge in [-0.05, 0) is 30.3 Å². The van der Waals surface area contributed by atoms with E-state index in [9.17, 15) is 0 Å². The van der Waals surface area contributed by atoms with E-state index >= 15 is 0 Å². The lowest BCUT2D eigenvalue weighted by molar-refractivity contribution is 0.415. The predicted molar refractivity (Wildman–Crippen MR) is 70.9 cm³/mol. The van der Waals surface area contributed by atoms with Crippen molar-refractivity contribution >= 4 is 17.5 Å². The molecule has 6 nitrogen and oxygen atoms in total. The van der Waals surface area contributed by atoms with Crippen molar-refractivity contribution in [2.45, 2.75) is 0 Å². The molecular weight excluding hydrogens is 230 g/mol. The van der Waals surface area contributed by atoms with Gasteiger partial charge in [0.15, 0.2) is 0 Å². The van der Waals surface area contributed by atoms with Crippen molar-refractivity contribution in [3.05, 3.63) is 36.5 Å². The van der Waals surface area contributed by atoms with Crippen LogP contribution in [0, 0.1) is 0 Å². The van der Waals surface area contributed by atoms with Crippen LogP contribution in [0.3, 0.4) is 0 Å². The number of anilines is 3. The molecular formula is C12H15N5O. The number of nitrogen functional groups attached to an aromatic ring is 1. The molecule has 2 rings (SSSR count). The van der Waals surface area contributed by atoms with E-state index in [1.54, 1.807) is 13.3 Å². The summed E-state index contributed by atoms with van der Waals surface area (Å²) >= 11 is 0. The van der Waals surface area contributed by atoms with Crippen LogP contribution in [0.15, 0.2) is 36.5 Å². The largest absolute Gasteiger partial charge is 0.497 e. The van der Waals surface area contributed by atoms with E-state index in [1.807, 2.05) is 42.3 Å². The third-order valence-corrected chi connectivity index (χ3v) is 2.57. The number of hydrazine groups is 1. The Morgan fingerprint density at radius 1 is 1.22 bits per heavy atom. The zero-order chi connectivity index (χ0) is 13.0. The van der Waals surface area contributed by atoms with Gasteiger partial charge in [-0.1, -0.05) is 0 Å². The Morgan fingerprint density at radius 3 is 2.56 bits per heavy atom. The summed E-state index contributed by atoms with van der Waals surface area (Å²) in [5.74, 6) is 7.24. The lowest BCUT2D eigenvalue weighted by Crippen LogP contribution is -2.15. The average molecular weight is 245 g/mol. The number of methoxy groups -OCH3 is 1. The van der Waals surface area contributed by atoms with E-state index in [0.29, 0.717) is 5.95 Å². The number of aromatic nitrogens is 2. The molecule has 0 atom stereocenters. The number of ether oxygens (including phenoxy) is 1. The molecule has 3 N–H and O–H groups in total. The van der Waals surface area contributed by atoms with E-state index < -0.39 is 0 Å². The van der Waals surface area contributed by atoms with E-state index in [-0.39, 0.29) is 0 Å². The summed E-state index contributed by atoms with van der Waals surface area (Å²) in [6.45, 7) is 0. The highest BCUT2D eigenvalue weighted by Gasteiger charge is 2.06. The SMILES string of the molecule is COc1ccc(N(C)c2ccnc(NN)n2)cc1. The van der Waals surface area contributed by atoms with Gasteiger partial charge in [0.05, 0.1) is 7.11 Å². The molecule has 6 heteroatoms. The van der Waals surface area contributed by atoms with Gasteiger partial charge >= 0.3 is 0 Å². The highest BCUT2D eigenvalue weighted by molar-refractivity contribution is 5.60. The van der Waals surface area contributed by atoms with Crippen molar-refractivity contribution in [1.29, 1.82) is 0 Å². The fourth-order valence-corrected chi connectivity index (χ4v) is 1.54. The highest BCUT2D eigenvalue weighted by Crippen LogP contribution is 2.24. The van der Waals surface area contributed by atoms with Crippen molar-refractivity contribution in [1.82, 2.24) is 9.97 Å². The zero-order valence-electron chi connectivity index (χ0n) is 10.3. The topological polar surface area (TPSA) is 76.3 Å². The minimum absolute atomic E-state index is 0.382. The van der Waals surface area contributed by atoms with Crippen molar-refractivity contribution in [2.24, 2.45) is 5.84 Å². The number of rotatable bonds is 4. The molecule has 1 aromatic carbocycles. The van der Waals surface area contributed by atoms with Crippen LogP contribution in [0.5, 0.6) is 5.75 Å². The molecule has 0 fully saturated rings. The van der Waals surface area contributed by atoms with E-state index in [2.05, 4.69) is 15.4 Å². The maximum Gasteiger partial charge on any atom is 0.239 e. The van der Waals surface area contributed by atoms with Crippen LogP contribution in [0.25, 0.3) is 0 Å². The first-order valence-corrected chi connectivity index (χ1v) is 5.42.